The van der Waals surface area contributed by atoms with E-state index in [1.165, 1.54) is 31.7 Å². The zero-order valence-corrected chi connectivity index (χ0v) is 10.6. The Bertz CT molecular complexity index is 678. The number of aromatic amines is 1. The molecule has 1 saturated carbocycles. The molecule has 0 amide bonds. The average molecular weight is 260 g/mol. The third kappa shape index (κ3) is 2.16. The fraction of sp³-hybridized carbons (Fsp3) is 0.429. The summed E-state index contributed by atoms with van der Waals surface area (Å²) < 4.78 is 1.73. The number of carboxylic acid groups (broad SMARTS) is 1. The quantitative estimate of drug-likeness (QED) is 0.888. The molecule has 5 nitrogen and oxygen atoms in total. The summed E-state index contributed by atoms with van der Waals surface area (Å²) in [6.07, 6.45) is 4.83. The summed E-state index contributed by atoms with van der Waals surface area (Å²) in [7, 11) is 0. The molecule has 0 atom stereocenters. The second-order valence-corrected chi connectivity index (χ2v) is 5.23. The van der Waals surface area contributed by atoms with Crippen molar-refractivity contribution in [3.8, 4) is 0 Å². The second-order valence-electron chi connectivity index (χ2n) is 5.23. The van der Waals surface area contributed by atoms with E-state index in [1.54, 1.807) is 16.7 Å². The molecule has 1 aromatic carbocycles. The molecular weight excluding hydrogens is 244 g/mol. The number of aromatic carboxylic acids is 1. The van der Waals surface area contributed by atoms with E-state index in [0.29, 0.717) is 11.4 Å². The van der Waals surface area contributed by atoms with Gasteiger partial charge < -0.3 is 10.1 Å². The lowest BCUT2D eigenvalue weighted by Gasteiger charge is -2.09. The van der Waals surface area contributed by atoms with Gasteiger partial charge in [-0.3, -0.25) is 4.57 Å². The van der Waals surface area contributed by atoms with Crippen molar-refractivity contribution in [1.29, 1.82) is 0 Å². The first-order valence-electron chi connectivity index (χ1n) is 6.61. The van der Waals surface area contributed by atoms with E-state index in [2.05, 4.69) is 4.98 Å². The summed E-state index contributed by atoms with van der Waals surface area (Å²) in [5.74, 6) is -0.415. The smallest absolute Gasteiger partial charge is 0.335 e. The maximum atomic E-state index is 12.0. The number of H-pyrrole nitrogens is 1. The first kappa shape index (κ1) is 12.0. The molecule has 2 aromatic rings. The van der Waals surface area contributed by atoms with Crippen LogP contribution in [0.25, 0.3) is 11.0 Å². The predicted molar refractivity (Wildman–Crippen MR) is 71.5 cm³/mol. The number of carbonyl (C=O) groups is 1. The van der Waals surface area contributed by atoms with Crippen LogP contribution in [0, 0.1) is 5.92 Å². The fourth-order valence-corrected chi connectivity index (χ4v) is 2.93. The molecule has 5 heteroatoms. The predicted octanol–water partition coefficient (Wildman–Crippen LogP) is 2.22. The van der Waals surface area contributed by atoms with Crippen molar-refractivity contribution in [2.24, 2.45) is 5.92 Å². The van der Waals surface area contributed by atoms with Crippen LogP contribution in [0.4, 0.5) is 0 Å². The summed E-state index contributed by atoms with van der Waals surface area (Å²) in [5.41, 5.74) is 1.44. The van der Waals surface area contributed by atoms with Crippen LogP contribution in [-0.4, -0.2) is 20.6 Å². The number of hydrogen-bond donors (Lipinski definition) is 2. The summed E-state index contributed by atoms with van der Waals surface area (Å²) in [6.45, 7) is 0.727. The van der Waals surface area contributed by atoms with Crippen LogP contribution in [0.1, 0.15) is 36.0 Å². The molecule has 0 spiro atoms. The Morgan fingerprint density at radius 2 is 2.11 bits per heavy atom. The van der Waals surface area contributed by atoms with Gasteiger partial charge in [0.15, 0.2) is 0 Å². The highest BCUT2D eigenvalue weighted by atomic mass is 16.4. The van der Waals surface area contributed by atoms with E-state index >= 15 is 0 Å². The highest BCUT2D eigenvalue weighted by Crippen LogP contribution is 2.26. The topological polar surface area (TPSA) is 75.1 Å². The zero-order valence-electron chi connectivity index (χ0n) is 10.6. The Labute approximate surface area is 109 Å². The number of rotatable bonds is 3. The lowest BCUT2D eigenvalue weighted by molar-refractivity contribution is 0.0697. The molecule has 2 N–H and O–H groups in total. The number of aromatic nitrogens is 2. The van der Waals surface area contributed by atoms with Crippen LogP contribution >= 0.6 is 0 Å². The Balaban J connectivity index is 2.02. The van der Waals surface area contributed by atoms with E-state index in [-0.39, 0.29) is 11.3 Å². The van der Waals surface area contributed by atoms with E-state index in [1.807, 2.05) is 0 Å². The molecular formula is C14H16N2O3. The first-order chi connectivity index (χ1) is 9.15. The number of benzene rings is 1. The van der Waals surface area contributed by atoms with Gasteiger partial charge in [-0.1, -0.05) is 12.8 Å². The van der Waals surface area contributed by atoms with Crippen molar-refractivity contribution < 1.29 is 9.90 Å². The number of fused-ring (bicyclic) bond motifs is 1. The van der Waals surface area contributed by atoms with Gasteiger partial charge >= 0.3 is 11.7 Å². The van der Waals surface area contributed by atoms with Gasteiger partial charge in [-0.05, 0) is 37.0 Å². The van der Waals surface area contributed by atoms with Gasteiger partial charge in [-0.2, -0.15) is 0 Å². The molecule has 0 aliphatic heterocycles. The number of carboxylic acids is 1. The minimum Gasteiger partial charge on any atom is -0.478 e. The SMILES string of the molecule is O=C(O)c1ccc2c(c1)[nH]c(=O)n2CC1CCCC1. The molecule has 1 heterocycles. The molecule has 100 valence electrons. The lowest BCUT2D eigenvalue weighted by atomic mass is 10.1. The molecule has 1 aliphatic carbocycles. The van der Waals surface area contributed by atoms with Crippen molar-refractivity contribution in [2.45, 2.75) is 32.2 Å². The minimum atomic E-state index is -0.980. The molecule has 19 heavy (non-hydrogen) atoms. The molecule has 0 saturated heterocycles. The van der Waals surface area contributed by atoms with E-state index in [9.17, 15) is 9.59 Å². The standard InChI is InChI=1S/C14H16N2O3/c17-13(18)10-5-6-12-11(7-10)15-14(19)16(12)8-9-3-1-2-4-9/h5-7,9H,1-4,8H2,(H,15,19)(H,17,18). The highest BCUT2D eigenvalue weighted by Gasteiger charge is 2.18. The Kier molecular flexibility index (Phi) is 2.89. The van der Waals surface area contributed by atoms with Crippen molar-refractivity contribution in [2.75, 3.05) is 0 Å². The Morgan fingerprint density at radius 3 is 2.79 bits per heavy atom. The normalized spacial score (nSPS) is 16.2. The van der Waals surface area contributed by atoms with Crippen molar-refractivity contribution in [3.63, 3.8) is 0 Å². The maximum absolute atomic E-state index is 12.0. The van der Waals surface area contributed by atoms with Crippen molar-refractivity contribution >= 4 is 17.0 Å². The fourth-order valence-electron chi connectivity index (χ4n) is 2.93. The summed E-state index contributed by atoms with van der Waals surface area (Å²) in [4.78, 5) is 25.6. The summed E-state index contributed by atoms with van der Waals surface area (Å²) >= 11 is 0. The monoisotopic (exact) mass is 260 g/mol. The third-order valence-corrected chi connectivity index (χ3v) is 3.94. The van der Waals surface area contributed by atoms with Crippen LogP contribution in [0.15, 0.2) is 23.0 Å². The third-order valence-electron chi connectivity index (χ3n) is 3.94. The summed E-state index contributed by atoms with van der Waals surface area (Å²) in [5, 5.41) is 8.95. The van der Waals surface area contributed by atoms with Gasteiger partial charge in [0.1, 0.15) is 0 Å². The molecule has 0 bridgehead atoms. The minimum absolute atomic E-state index is 0.149. The number of nitrogens with one attached hydrogen (secondary N) is 1. The van der Waals surface area contributed by atoms with E-state index < -0.39 is 5.97 Å². The molecule has 1 aliphatic rings. The number of nitrogens with zero attached hydrogens (tertiary/aromatic N) is 1. The zero-order chi connectivity index (χ0) is 13.4. The molecule has 0 unspecified atom stereocenters. The van der Waals surface area contributed by atoms with Crippen LogP contribution < -0.4 is 5.69 Å². The van der Waals surface area contributed by atoms with Crippen LogP contribution in [0.3, 0.4) is 0 Å². The van der Waals surface area contributed by atoms with Crippen molar-refractivity contribution in [1.82, 2.24) is 9.55 Å². The second kappa shape index (κ2) is 4.57. The van der Waals surface area contributed by atoms with Gasteiger partial charge in [-0.15, -0.1) is 0 Å². The Morgan fingerprint density at radius 1 is 1.37 bits per heavy atom. The van der Waals surface area contributed by atoms with Gasteiger partial charge in [0.25, 0.3) is 0 Å². The Hall–Kier alpha value is -2.04. The number of hydrogen-bond acceptors (Lipinski definition) is 2. The molecule has 1 aromatic heterocycles. The number of imidazole rings is 1. The van der Waals surface area contributed by atoms with Crippen LogP contribution in [0.5, 0.6) is 0 Å². The lowest BCUT2D eigenvalue weighted by Crippen LogP contribution is -2.20. The average Bonchev–Trinajstić information content (AvgIpc) is 2.98. The van der Waals surface area contributed by atoms with Crippen LogP contribution in [0.2, 0.25) is 0 Å². The van der Waals surface area contributed by atoms with Crippen molar-refractivity contribution in [3.05, 3.63) is 34.2 Å². The maximum Gasteiger partial charge on any atom is 0.335 e. The largest absolute Gasteiger partial charge is 0.478 e. The van der Waals surface area contributed by atoms with Gasteiger partial charge in [-0.25, -0.2) is 9.59 Å². The van der Waals surface area contributed by atoms with E-state index in [4.69, 9.17) is 5.11 Å². The molecule has 0 radical (unpaired) electrons. The van der Waals surface area contributed by atoms with Crippen LogP contribution in [-0.2, 0) is 6.54 Å². The van der Waals surface area contributed by atoms with Gasteiger partial charge in [0.2, 0.25) is 0 Å². The summed E-state index contributed by atoms with van der Waals surface area (Å²) in [6, 6.07) is 4.78. The van der Waals surface area contributed by atoms with Gasteiger partial charge in [0, 0.05) is 6.54 Å². The van der Waals surface area contributed by atoms with E-state index in [0.717, 1.165) is 12.1 Å². The molecule has 3 rings (SSSR count). The highest BCUT2D eigenvalue weighted by molar-refractivity contribution is 5.92. The first-order valence-corrected chi connectivity index (χ1v) is 6.61. The molecule has 1 fully saturated rings. The van der Waals surface area contributed by atoms with Gasteiger partial charge in [0.05, 0.1) is 16.6 Å².